The highest BCUT2D eigenvalue weighted by molar-refractivity contribution is 5.87. The van der Waals surface area contributed by atoms with E-state index in [-0.39, 0.29) is 0 Å². The monoisotopic (exact) mass is 185 g/mol. The minimum atomic E-state index is -1.43. The molecular formula is C8H8FNO3. The lowest BCUT2D eigenvalue weighted by Crippen LogP contribution is -2.24. The van der Waals surface area contributed by atoms with E-state index in [0.29, 0.717) is 6.54 Å². The number of hydrogen-bond donors (Lipinski definition) is 1. The minimum Gasteiger partial charge on any atom is -0.478 e. The van der Waals surface area contributed by atoms with Crippen LogP contribution in [-0.4, -0.2) is 15.6 Å². The van der Waals surface area contributed by atoms with Crippen molar-refractivity contribution in [2.24, 2.45) is 0 Å². The van der Waals surface area contributed by atoms with Crippen LogP contribution in [-0.2, 0) is 6.54 Å². The summed E-state index contributed by atoms with van der Waals surface area (Å²) in [4.78, 5) is 21.4. The van der Waals surface area contributed by atoms with Crippen molar-refractivity contribution in [2.45, 2.75) is 13.5 Å². The smallest absolute Gasteiger partial charge is 0.338 e. The zero-order valence-electron chi connectivity index (χ0n) is 6.95. The first kappa shape index (κ1) is 9.44. The molecule has 0 aliphatic heterocycles. The number of carboxylic acids is 1. The molecule has 0 unspecified atom stereocenters. The highest BCUT2D eigenvalue weighted by atomic mass is 19.1. The number of carbonyl (C=O) groups is 1. The van der Waals surface area contributed by atoms with E-state index in [1.54, 1.807) is 6.92 Å². The van der Waals surface area contributed by atoms with Gasteiger partial charge in [-0.15, -0.1) is 0 Å². The number of halogens is 1. The molecule has 5 heteroatoms. The van der Waals surface area contributed by atoms with Crippen molar-refractivity contribution in [3.05, 3.63) is 34.0 Å². The fraction of sp³-hybridized carbons (Fsp3) is 0.250. The van der Waals surface area contributed by atoms with Gasteiger partial charge in [-0.2, -0.15) is 4.39 Å². The summed E-state index contributed by atoms with van der Waals surface area (Å²) < 4.78 is 14.1. The molecule has 4 nitrogen and oxygen atoms in total. The third kappa shape index (κ3) is 1.58. The summed E-state index contributed by atoms with van der Waals surface area (Å²) in [6.45, 7) is 1.98. The Morgan fingerprint density at radius 3 is 2.77 bits per heavy atom. The van der Waals surface area contributed by atoms with Crippen molar-refractivity contribution in [1.82, 2.24) is 4.57 Å². The zero-order chi connectivity index (χ0) is 10.0. The SMILES string of the molecule is CCn1ccc(C(=O)O)c(F)c1=O. The van der Waals surface area contributed by atoms with Crippen LogP contribution in [0.1, 0.15) is 17.3 Å². The van der Waals surface area contributed by atoms with Crippen molar-refractivity contribution in [3.63, 3.8) is 0 Å². The lowest BCUT2D eigenvalue weighted by Gasteiger charge is -2.02. The first-order chi connectivity index (χ1) is 6.07. The largest absolute Gasteiger partial charge is 0.478 e. The van der Waals surface area contributed by atoms with E-state index in [9.17, 15) is 14.0 Å². The van der Waals surface area contributed by atoms with Gasteiger partial charge in [-0.25, -0.2) is 4.79 Å². The number of aromatic carboxylic acids is 1. The van der Waals surface area contributed by atoms with Gasteiger partial charge in [-0.1, -0.05) is 0 Å². The second-order valence-electron chi connectivity index (χ2n) is 2.44. The minimum absolute atomic E-state index is 0.315. The van der Waals surface area contributed by atoms with E-state index in [4.69, 9.17) is 5.11 Å². The number of carboxylic acid groups (broad SMARTS) is 1. The van der Waals surface area contributed by atoms with Gasteiger partial charge in [0, 0.05) is 12.7 Å². The molecule has 0 saturated carbocycles. The maximum absolute atomic E-state index is 13.0. The first-order valence-electron chi connectivity index (χ1n) is 3.70. The quantitative estimate of drug-likeness (QED) is 0.737. The summed E-state index contributed by atoms with van der Waals surface area (Å²) in [6.07, 6.45) is 1.26. The second-order valence-corrected chi connectivity index (χ2v) is 2.44. The summed E-state index contributed by atoms with van der Waals surface area (Å²) in [5, 5.41) is 8.47. The lowest BCUT2D eigenvalue weighted by atomic mass is 10.2. The molecule has 70 valence electrons. The molecule has 0 aliphatic carbocycles. The molecule has 1 heterocycles. The zero-order valence-corrected chi connectivity index (χ0v) is 6.95. The standard InChI is InChI=1S/C8H8FNO3/c1-2-10-4-3-5(8(12)13)6(9)7(10)11/h3-4H,2H2,1H3,(H,12,13). The maximum Gasteiger partial charge on any atom is 0.338 e. The van der Waals surface area contributed by atoms with Gasteiger partial charge in [0.25, 0.3) is 5.56 Å². The lowest BCUT2D eigenvalue weighted by molar-refractivity contribution is 0.0691. The van der Waals surface area contributed by atoms with E-state index >= 15 is 0 Å². The molecule has 0 radical (unpaired) electrons. The number of hydrogen-bond acceptors (Lipinski definition) is 2. The molecule has 0 spiro atoms. The fourth-order valence-corrected chi connectivity index (χ4v) is 0.961. The number of nitrogens with zero attached hydrogens (tertiary/aromatic N) is 1. The van der Waals surface area contributed by atoms with Crippen LogP contribution in [0.15, 0.2) is 17.1 Å². The van der Waals surface area contributed by atoms with Crippen LogP contribution in [0.3, 0.4) is 0 Å². The van der Waals surface area contributed by atoms with E-state index in [0.717, 1.165) is 10.6 Å². The molecule has 0 aliphatic rings. The van der Waals surface area contributed by atoms with Crippen LogP contribution < -0.4 is 5.56 Å². The average Bonchev–Trinajstić information content (AvgIpc) is 2.09. The Morgan fingerprint density at radius 2 is 2.31 bits per heavy atom. The van der Waals surface area contributed by atoms with Crippen LogP contribution in [0.4, 0.5) is 4.39 Å². The summed E-state index contributed by atoms with van der Waals surface area (Å²) in [7, 11) is 0. The van der Waals surface area contributed by atoms with Gasteiger partial charge in [-0.3, -0.25) is 4.79 Å². The molecule has 0 fully saturated rings. The van der Waals surface area contributed by atoms with E-state index in [1.807, 2.05) is 0 Å². The molecular weight excluding hydrogens is 177 g/mol. The second kappa shape index (κ2) is 3.38. The molecule has 0 bridgehead atoms. The van der Waals surface area contributed by atoms with E-state index in [1.165, 1.54) is 6.20 Å². The first-order valence-corrected chi connectivity index (χ1v) is 3.70. The van der Waals surface area contributed by atoms with Crippen LogP contribution in [0.5, 0.6) is 0 Å². The average molecular weight is 185 g/mol. The third-order valence-corrected chi connectivity index (χ3v) is 1.68. The molecule has 1 N–H and O–H groups in total. The topological polar surface area (TPSA) is 59.3 Å². The van der Waals surface area contributed by atoms with Crippen LogP contribution in [0.2, 0.25) is 0 Å². The van der Waals surface area contributed by atoms with Crippen molar-refractivity contribution in [2.75, 3.05) is 0 Å². The predicted molar refractivity (Wildman–Crippen MR) is 43.3 cm³/mol. The molecule has 0 saturated heterocycles. The van der Waals surface area contributed by atoms with Crippen LogP contribution >= 0.6 is 0 Å². The molecule has 1 aromatic rings. The van der Waals surface area contributed by atoms with Gasteiger partial charge in [0.15, 0.2) is 0 Å². The van der Waals surface area contributed by atoms with Crippen molar-refractivity contribution < 1.29 is 14.3 Å². The van der Waals surface area contributed by atoms with Crippen LogP contribution in [0, 0.1) is 5.82 Å². The number of pyridine rings is 1. The molecule has 13 heavy (non-hydrogen) atoms. The highest BCUT2D eigenvalue weighted by Crippen LogP contribution is 2.01. The van der Waals surface area contributed by atoms with E-state index < -0.39 is 22.9 Å². The molecule has 0 amide bonds. The number of rotatable bonds is 2. The Balaban J connectivity index is 3.40. The van der Waals surface area contributed by atoms with Crippen molar-refractivity contribution in [3.8, 4) is 0 Å². The Hall–Kier alpha value is -1.65. The Bertz CT molecular complexity index is 397. The number of aromatic nitrogens is 1. The molecule has 0 aromatic carbocycles. The number of aryl methyl sites for hydroxylation is 1. The Morgan fingerprint density at radius 1 is 1.69 bits per heavy atom. The highest BCUT2D eigenvalue weighted by Gasteiger charge is 2.14. The normalized spacial score (nSPS) is 10.0. The van der Waals surface area contributed by atoms with Gasteiger partial charge in [0.1, 0.15) is 5.56 Å². The molecule has 0 atom stereocenters. The summed E-state index contributed by atoms with van der Waals surface area (Å²) in [6, 6.07) is 1.07. The van der Waals surface area contributed by atoms with Gasteiger partial charge >= 0.3 is 5.97 Å². The fourth-order valence-electron chi connectivity index (χ4n) is 0.961. The Labute approximate surface area is 73.2 Å². The maximum atomic E-state index is 13.0. The Kier molecular flexibility index (Phi) is 2.46. The van der Waals surface area contributed by atoms with E-state index in [2.05, 4.69) is 0 Å². The predicted octanol–water partition coefficient (Wildman–Crippen LogP) is 0.706. The van der Waals surface area contributed by atoms with Gasteiger partial charge in [-0.05, 0) is 13.0 Å². The molecule has 1 rings (SSSR count). The van der Waals surface area contributed by atoms with Crippen LogP contribution in [0.25, 0.3) is 0 Å². The summed E-state index contributed by atoms with van der Waals surface area (Å²) in [5.74, 6) is -2.64. The van der Waals surface area contributed by atoms with Gasteiger partial charge < -0.3 is 9.67 Å². The van der Waals surface area contributed by atoms with Crippen molar-refractivity contribution in [1.29, 1.82) is 0 Å². The van der Waals surface area contributed by atoms with Gasteiger partial charge in [0.2, 0.25) is 5.82 Å². The van der Waals surface area contributed by atoms with Gasteiger partial charge in [0.05, 0.1) is 0 Å². The summed E-state index contributed by atoms with van der Waals surface area (Å²) >= 11 is 0. The molecule has 1 aromatic heterocycles. The summed E-state index contributed by atoms with van der Waals surface area (Å²) in [5.41, 5.74) is -1.49. The van der Waals surface area contributed by atoms with Crippen molar-refractivity contribution >= 4 is 5.97 Å². The third-order valence-electron chi connectivity index (χ3n) is 1.68.